The Bertz CT molecular complexity index is 1230. The van der Waals surface area contributed by atoms with Gasteiger partial charge in [-0.05, 0) is 64.2 Å². The Morgan fingerprint density at radius 2 is 0.574 bits per heavy atom. The molecule has 0 N–H and O–H groups in total. The lowest BCUT2D eigenvalue weighted by Crippen LogP contribution is -2.30. The van der Waals surface area contributed by atoms with Gasteiger partial charge in [-0.1, -0.05) is 274 Å². The molecule has 0 bridgehead atoms. The molecule has 0 aromatic rings. The molecule has 0 saturated carbocycles. The number of rotatable bonds is 53. The molecule has 0 radical (unpaired) electrons. The van der Waals surface area contributed by atoms with Gasteiger partial charge in [0.2, 0.25) is 0 Å². The van der Waals surface area contributed by atoms with Gasteiger partial charge >= 0.3 is 17.9 Å². The quantitative estimate of drug-likeness (QED) is 0.0262. The molecule has 1 unspecified atom stereocenters. The van der Waals surface area contributed by atoms with Gasteiger partial charge in [-0.15, -0.1) is 0 Å². The maximum Gasteiger partial charge on any atom is 0.306 e. The molecule has 68 heavy (non-hydrogen) atoms. The first kappa shape index (κ1) is 65.1. The first-order valence-corrected chi connectivity index (χ1v) is 29.3. The average molecular weight is 952 g/mol. The number of carbonyl (C=O) groups excluding carboxylic acids is 3. The van der Waals surface area contributed by atoms with Gasteiger partial charge in [-0.25, -0.2) is 0 Å². The van der Waals surface area contributed by atoms with Crippen molar-refractivity contribution in [3.8, 4) is 0 Å². The van der Waals surface area contributed by atoms with Gasteiger partial charge in [0.1, 0.15) is 13.2 Å². The van der Waals surface area contributed by atoms with Crippen molar-refractivity contribution in [1.82, 2.24) is 0 Å². The minimum atomic E-state index is -0.774. The van der Waals surface area contributed by atoms with E-state index in [1.54, 1.807) is 0 Å². The van der Waals surface area contributed by atoms with Gasteiger partial charge < -0.3 is 14.2 Å². The lowest BCUT2D eigenvalue weighted by molar-refractivity contribution is -0.167. The normalized spacial score (nSPS) is 12.5. The van der Waals surface area contributed by atoms with Crippen LogP contribution in [0.5, 0.6) is 0 Å². The first-order valence-electron chi connectivity index (χ1n) is 29.3. The molecule has 0 aromatic carbocycles. The van der Waals surface area contributed by atoms with E-state index in [1.165, 1.54) is 161 Å². The zero-order valence-corrected chi connectivity index (χ0v) is 45.1. The van der Waals surface area contributed by atoms with Crippen molar-refractivity contribution in [3.63, 3.8) is 0 Å². The summed E-state index contributed by atoms with van der Waals surface area (Å²) in [6.07, 6.45) is 71.0. The van der Waals surface area contributed by atoms with Crippen molar-refractivity contribution in [2.24, 2.45) is 0 Å². The maximum absolute atomic E-state index is 12.8. The summed E-state index contributed by atoms with van der Waals surface area (Å²) in [6.45, 7) is 6.49. The molecule has 0 rings (SSSR count). The molecule has 0 aliphatic rings. The Morgan fingerprint density at radius 1 is 0.309 bits per heavy atom. The van der Waals surface area contributed by atoms with Gasteiger partial charge in [0.25, 0.3) is 0 Å². The van der Waals surface area contributed by atoms with Crippen molar-refractivity contribution in [1.29, 1.82) is 0 Å². The fourth-order valence-corrected chi connectivity index (χ4v) is 8.41. The number of unbranched alkanes of at least 4 members (excludes halogenated alkanes) is 32. The fraction of sp³-hybridized carbons (Fsp3) is 0.790. The molecule has 0 aromatic heterocycles. The van der Waals surface area contributed by atoms with E-state index in [0.717, 1.165) is 96.3 Å². The standard InChI is InChI=1S/C62H110O6/c1-4-7-10-13-16-18-20-22-24-26-28-30-31-33-34-36-38-40-42-44-46-49-52-55-61(64)67-58-59(57-66-60(63)54-51-48-15-12-9-6-3)68-62(65)56-53-50-47-45-43-41-39-37-35-32-29-27-25-23-21-19-17-14-11-8-5-2/h7,10,16,18,22,24,28,30,33-34,59H,4-6,8-9,11-15,17,19-21,23,25-27,29,31-32,35-58H2,1-3H3/b10-7-,18-16-,24-22-,30-28-,34-33-. The number of allylic oxidation sites excluding steroid dienone is 10. The van der Waals surface area contributed by atoms with Crippen LogP contribution >= 0.6 is 0 Å². The zero-order chi connectivity index (χ0) is 49.3. The number of ether oxygens (including phenoxy) is 3. The van der Waals surface area contributed by atoms with Crippen LogP contribution in [0.3, 0.4) is 0 Å². The highest BCUT2D eigenvalue weighted by molar-refractivity contribution is 5.71. The van der Waals surface area contributed by atoms with Crippen LogP contribution in [0, 0.1) is 0 Å². The zero-order valence-electron chi connectivity index (χ0n) is 45.1. The molecule has 0 aliphatic heterocycles. The van der Waals surface area contributed by atoms with Crippen molar-refractivity contribution < 1.29 is 28.6 Å². The molecule has 6 heteroatoms. The SMILES string of the molecule is CC/C=C\C/C=C\C/C=C\C/C=C\C/C=C\CCCCCCCCCC(=O)OCC(COC(=O)CCCCCCCC)OC(=O)CCCCCCCCCCCCCCCCCCCCCCC. The lowest BCUT2D eigenvalue weighted by atomic mass is 10.0. The fourth-order valence-electron chi connectivity index (χ4n) is 8.41. The van der Waals surface area contributed by atoms with Crippen molar-refractivity contribution >= 4 is 17.9 Å². The molecule has 1 atom stereocenters. The van der Waals surface area contributed by atoms with Gasteiger partial charge in [0, 0.05) is 19.3 Å². The highest BCUT2D eigenvalue weighted by atomic mass is 16.6. The Kier molecular flexibility index (Phi) is 54.3. The third-order valence-corrected chi connectivity index (χ3v) is 12.8. The molecular formula is C62H110O6. The van der Waals surface area contributed by atoms with E-state index in [-0.39, 0.29) is 31.1 Å². The minimum absolute atomic E-state index is 0.0753. The molecular weight excluding hydrogens is 841 g/mol. The lowest BCUT2D eigenvalue weighted by Gasteiger charge is -2.18. The summed E-state index contributed by atoms with van der Waals surface area (Å²) in [7, 11) is 0. The van der Waals surface area contributed by atoms with E-state index in [1.807, 2.05) is 0 Å². The van der Waals surface area contributed by atoms with E-state index in [4.69, 9.17) is 14.2 Å². The van der Waals surface area contributed by atoms with Crippen LogP contribution in [0.2, 0.25) is 0 Å². The van der Waals surface area contributed by atoms with E-state index in [9.17, 15) is 14.4 Å². The van der Waals surface area contributed by atoms with E-state index >= 15 is 0 Å². The van der Waals surface area contributed by atoms with Gasteiger partial charge in [-0.3, -0.25) is 14.4 Å². The number of hydrogen-bond acceptors (Lipinski definition) is 6. The van der Waals surface area contributed by atoms with Crippen molar-refractivity contribution in [3.05, 3.63) is 60.8 Å². The highest BCUT2D eigenvalue weighted by Gasteiger charge is 2.19. The summed E-state index contributed by atoms with van der Waals surface area (Å²) in [5, 5.41) is 0. The van der Waals surface area contributed by atoms with Crippen LogP contribution in [0.25, 0.3) is 0 Å². The predicted molar refractivity (Wildman–Crippen MR) is 293 cm³/mol. The van der Waals surface area contributed by atoms with Crippen LogP contribution in [-0.2, 0) is 28.6 Å². The molecule has 0 spiro atoms. The van der Waals surface area contributed by atoms with Crippen molar-refractivity contribution in [2.45, 2.75) is 303 Å². The summed E-state index contributed by atoms with van der Waals surface area (Å²) >= 11 is 0. The van der Waals surface area contributed by atoms with E-state index in [0.29, 0.717) is 19.3 Å². The third-order valence-electron chi connectivity index (χ3n) is 12.8. The van der Waals surface area contributed by atoms with Crippen LogP contribution in [-0.4, -0.2) is 37.2 Å². The van der Waals surface area contributed by atoms with Crippen LogP contribution < -0.4 is 0 Å². The number of esters is 3. The minimum Gasteiger partial charge on any atom is -0.462 e. The molecule has 0 saturated heterocycles. The van der Waals surface area contributed by atoms with Gasteiger partial charge in [0.05, 0.1) is 0 Å². The Labute approximate surface area is 421 Å². The summed E-state index contributed by atoms with van der Waals surface area (Å²) in [5.41, 5.74) is 0. The van der Waals surface area contributed by atoms with Crippen LogP contribution in [0.4, 0.5) is 0 Å². The summed E-state index contributed by atoms with van der Waals surface area (Å²) in [5.74, 6) is -0.883. The summed E-state index contributed by atoms with van der Waals surface area (Å²) in [6, 6.07) is 0. The average Bonchev–Trinajstić information content (AvgIpc) is 3.34. The van der Waals surface area contributed by atoms with Crippen molar-refractivity contribution in [2.75, 3.05) is 13.2 Å². The second kappa shape index (κ2) is 56.7. The third kappa shape index (κ3) is 54.1. The Morgan fingerprint density at radius 3 is 0.897 bits per heavy atom. The van der Waals surface area contributed by atoms with Gasteiger partial charge in [0.15, 0.2) is 6.10 Å². The molecule has 394 valence electrons. The van der Waals surface area contributed by atoms with E-state index in [2.05, 4.69) is 81.5 Å². The molecule has 0 fully saturated rings. The largest absolute Gasteiger partial charge is 0.462 e. The highest BCUT2D eigenvalue weighted by Crippen LogP contribution is 2.17. The van der Waals surface area contributed by atoms with E-state index < -0.39 is 6.10 Å². The summed E-state index contributed by atoms with van der Waals surface area (Å²) < 4.78 is 16.8. The molecule has 0 aliphatic carbocycles. The summed E-state index contributed by atoms with van der Waals surface area (Å²) in [4.78, 5) is 37.9. The monoisotopic (exact) mass is 951 g/mol. The molecule has 6 nitrogen and oxygen atoms in total. The van der Waals surface area contributed by atoms with Crippen LogP contribution in [0.1, 0.15) is 297 Å². The van der Waals surface area contributed by atoms with Crippen LogP contribution in [0.15, 0.2) is 60.8 Å². The Balaban J connectivity index is 4.14. The molecule has 0 heterocycles. The Hall–Kier alpha value is -2.89. The molecule has 0 amide bonds. The van der Waals surface area contributed by atoms with Gasteiger partial charge in [-0.2, -0.15) is 0 Å². The second-order valence-corrected chi connectivity index (χ2v) is 19.5. The predicted octanol–water partition coefficient (Wildman–Crippen LogP) is 19.6. The maximum atomic E-state index is 12.8. The second-order valence-electron chi connectivity index (χ2n) is 19.5. The topological polar surface area (TPSA) is 78.9 Å². The smallest absolute Gasteiger partial charge is 0.306 e. The number of hydrogen-bond donors (Lipinski definition) is 0. The number of carbonyl (C=O) groups is 3. The first-order chi connectivity index (χ1) is 33.5.